The minimum Gasteiger partial charge on any atom is -0.491 e. The van der Waals surface area contributed by atoms with Crippen LogP contribution in [0.15, 0.2) is 66.7 Å². The third kappa shape index (κ3) is 5.36. The molecule has 2 aliphatic heterocycles. The van der Waals surface area contributed by atoms with Crippen molar-refractivity contribution >= 4 is 33.8 Å². The summed E-state index contributed by atoms with van der Waals surface area (Å²) in [6.45, 7) is 2.78. The first-order valence-electron chi connectivity index (χ1n) is 17.0. The number of amides is 1. The smallest absolute Gasteiger partial charge is 0.319 e. The van der Waals surface area contributed by atoms with E-state index < -0.39 is 5.54 Å². The van der Waals surface area contributed by atoms with Crippen LogP contribution >= 0.6 is 0 Å². The number of ether oxygens (including phenoxy) is 2. The van der Waals surface area contributed by atoms with Gasteiger partial charge < -0.3 is 24.3 Å². The Labute approximate surface area is 274 Å². The van der Waals surface area contributed by atoms with E-state index in [4.69, 9.17) is 14.5 Å². The molecule has 9 nitrogen and oxygen atoms in total. The van der Waals surface area contributed by atoms with Crippen molar-refractivity contribution in [2.75, 3.05) is 33.4 Å². The lowest BCUT2D eigenvalue weighted by atomic mass is 9.81. The first-order chi connectivity index (χ1) is 23.0. The normalized spacial score (nSPS) is 18.2. The molecule has 9 heteroatoms. The Morgan fingerprint density at radius 2 is 1.79 bits per heavy atom. The summed E-state index contributed by atoms with van der Waals surface area (Å²) in [5, 5.41) is 4.69. The topological polar surface area (TPSA) is 101 Å². The molecule has 0 spiro atoms. The van der Waals surface area contributed by atoms with E-state index in [0.29, 0.717) is 44.0 Å². The summed E-state index contributed by atoms with van der Waals surface area (Å²) in [5.74, 6) is 1.77. The molecule has 0 unspecified atom stereocenters. The van der Waals surface area contributed by atoms with Crippen LogP contribution in [0.1, 0.15) is 72.6 Å². The van der Waals surface area contributed by atoms with Gasteiger partial charge in [-0.25, -0.2) is 4.98 Å². The van der Waals surface area contributed by atoms with Crippen LogP contribution in [0.2, 0.25) is 0 Å². The van der Waals surface area contributed by atoms with E-state index in [0.717, 1.165) is 40.2 Å². The molecule has 2 fully saturated rings. The van der Waals surface area contributed by atoms with Crippen molar-refractivity contribution in [2.45, 2.75) is 62.9 Å². The Hall–Kier alpha value is -4.63. The fraction of sp³-hybridized carbons (Fsp3) is 0.395. The van der Waals surface area contributed by atoms with Gasteiger partial charge in [0.25, 0.3) is 5.91 Å². The lowest BCUT2D eigenvalue weighted by molar-refractivity contribution is -0.142. The number of nitrogens with zero attached hydrogens (tertiary/aromatic N) is 3. The molecule has 1 amide bonds. The summed E-state index contributed by atoms with van der Waals surface area (Å²) < 4.78 is 13.5. The van der Waals surface area contributed by atoms with Crippen LogP contribution in [-0.4, -0.2) is 64.7 Å². The first kappa shape index (κ1) is 29.8. The van der Waals surface area contributed by atoms with E-state index in [9.17, 15) is 9.59 Å². The molecule has 2 aromatic heterocycles. The predicted molar refractivity (Wildman–Crippen MR) is 182 cm³/mol. The van der Waals surface area contributed by atoms with Crippen molar-refractivity contribution in [3.8, 4) is 17.0 Å². The number of likely N-dealkylation sites (tertiary alicyclic amines) is 1. The maximum absolute atomic E-state index is 14.3. The number of carbonyl (C=O) groups excluding carboxylic acids is 2. The molecular weight excluding hydrogens is 590 g/mol. The van der Waals surface area contributed by atoms with Crippen molar-refractivity contribution in [1.29, 1.82) is 0 Å². The van der Waals surface area contributed by atoms with Crippen LogP contribution in [0.5, 0.6) is 5.75 Å². The zero-order valence-electron chi connectivity index (χ0n) is 26.9. The Balaban J connectivity index is 1.18. The highest BCUT2D eigenvalue weighted by Crippen LogP contribution is 2.47. The summed E-state index contributed by atoms with van der Waals surface area (Å²) >= 11 is 0. The monoisotopic (exact) mass is 631 g/mol. The van der Waals surface area contributed by atoms with E-state index in [1.807, 2.05) is 36.4 Å². The van der Waals surface area contributed by atoms with E-state index in [1.54, 1.807) is 0 Å². The maximum Gasteiger partial charge on any atom is 0.319 e. The Kier molecular flexibility index (Phi) is 7.72. The fourth-order valence-electron chi connectivity index (χ4n) is 8.11. The van der Waals surface area contributed by atoms with Crippen LogP contribution in [0.25, 0.3) is 33.2 Å². The minimum atomic E-state index is -0.714. The minimum absolute atomic E-state index is 0.131. The lowest BCUT2D eigenvalue weighted by Gasteiger charge is -2.40. The Bertz CT molecular complexity index is 1930. The van der Waals surface area contributed by atoms with Gasteiger partial charge in [0.15, 0.2) is 0 Å². The van der Waals surface area contributed by atoms with Gasteiger partial charge in [-0.2, -0.15) is 0 Å². The van der Waals surface area contributed by atoms with Gasteiger partial charge in [-0.05, 0) is 73.6 Å². The zero-order chi connectivity index (χ0) is 32.0. The Morgan fingerprint density at radius 3 is 2.60 bits per heavy atom. The second kappa shape index (κ2) is 12.2. The average molecular weight is 632 g/mol. The molecule has 0 bridgehead atoms. The molecule has 1 saturated carbocycles. The molecule has 1 saturated heterocycles. The molecule has 8 rings (SSSR count). The van der Waals surface area contributed by atoms with Crippen LogP contribution < -0.4 is 10.1 Å². The van der Waals surface area contributed by atoms with Crippen molar-refractivity contribution in [3.05, 3.63) is 83.7 Å². The summed E-state index contributed by atoms with van der Waals surface area (Å²) in [5.41, 5.74) is 6.57. The first-order valence-corrected chi connectivity index (χ1v) is 17.0. The number of para-hydroxylation sites is 3. The van der Waals surface area contributed by atoms with Crippen molar-refractivity contribution in [2.24, 2.45) is 0 Å². The van der Waals surface area contributed by atoms with Gasteiger partial charge in [0.05, 0.1) is 36.9 Å². The Morgan fingerprint density at radius 1 is 1.00 bits per heavy atom. The summed E-state index contributed by atoms with van der Waals surface area (Å²) in [6, 6.07) is 22.6. The lowest BCUT2D eigenvalue weighted by Crippen LogP contribution is -2.54. The van der Waals surface area contributed by atoms with Gasteiger partial charge in [-0.1, -0.05) is 49.6 Å². The summed E-state index contributed by atoms with van der Waals surface area (Å²) in [7, 11) is 1.41. The fourth-order valence-corrected chi connectivity index (χ4v) is 8.11. The number of rotatable bonds is 6. The van der Waals surface area contributed by atoms with Gasteiger partial charge in [-0.15, -0.1) is 0 Å². The molecule has 0 atom stereocenters. The van der Waals surface area contributed by atoms with Gasteiger partial charge in [-0.3, -0.25) is 14.5 Å². The SMILES string of the molecule is COC(=O)CN1CCC(NC(=O)c2ccc3c(C4CCCCC4)c4n(c3c2)CCOc2ccccc2-4)(c2nc3ccccc3[nH]2)CC1. The van der Waals surface area contributed by atoms with Gasteiger partial charge in [0.1, 0.15) is 23.7 Å². The molecule has 47 heavy (non-hydrogen) atoms. The van der Waals surface area contributed by atoms with E-state index >= 15 is 0 Å². The number of H-pyrrole nitrogens is 1. The maximum atomic E-state index is 14.3. The van der Waals surface area contributed by atoms with E-state index in [1.165, 1.54) is 55.9 Å². The largest absolute Gasteiger partial charge is 0.491 e. The van der Waals surface area contributed by atoms with Crippen molar-refractivity contribution < 1.29 is 19.1 Å². The average Bonchev–Trinajstić information content (AvgIpc) is 3.63. The van der Waals surface area contributed by atoms with Crippen LogP contribution in [0.3, 0.4) is 0 Å². The quantitative estimate of drug-likeness (QED) is 0.207. The molecule has 1 aliphatic carbocycles. The third-order valence-corrected chi connectivity index (χ3v) is 10.6. The van der Waals surface area contributed by atoms with Crippen molar-refractivity contribution in [3.63, 3.8) is 0 Å². The summed E-state index contributed by atoms with van der Waals surface area (Å²) in [4.78, 5) is 36.9. The highest BCUT2D eigenvalue weighted by molar-refractivity contribution is 6.01. The van der Waals surface area contributed by atoms with Gasteiger partial charge in [0.2, 0.25) is 0 Å². The van der Waals surface area contributed by atoms with Crippen LogP contribution in [-0.2, 0) is 21.6 Å². The standard InChI is InChI=1S/C38H41N5O4/c1-46-33(44)24-42-19-17-38(18-20-42,37-39-29-12-6-7-13-30(29)40-37)41-36(45)26-15-16-27-31(23-26)43-21-22-47-32-14-8-5-11-28(32)35(43)34(27)25-9-3-2-4-10-25/h5-8,11-16,23,25H,2-4,9-10,17-22,24H2,1H3,(H,39,40)(H,41,45). The number of esters is 1. The number of fused-ring (bicyclic) bond motifs is 6. The highest BCUT2D eigenvalue weighted by Gasteiger charge is 2.41. The molecular formula is C38H41N5O4. The van der Waals surface area contributed by atoms with Gasteiger partial charge in [0, 0.05) is 35.1 Å². The predicted octanol–water partition coefficient (Wildman–Crippen LogP) is 6.52. The number of carbonyl (C=O) groups is 2. The highest BCUT2D eigenvalue weighted by atomic mass is 16.5. The van der Waals surface area contributed by atoms with E-state index in [2.05, 4.69) is 50.1 Å². The molecule has 4 heterocycles. The zero-order valence-corrected chi connectivity index (χ0v) is 26.9. The number of aromatic nitrogens is 3. The molecule has 3 aliphatic rings. The number of methoxy groups -OCH3 is 1. The molecule has 3 aromatic carbocycles. The number of piperidine rings is 1. The number of nitrogens with one attached hydrogen (secondary N) is 2. The molecule has 2 N–H and O–H groups in total. The second-order valence-corrected chi connectivity index (χ2v) is 13.3. The summed E-state index contributed by atoms with van der Waals surface area (Å²) in [6.07, 6.45) is 7.37. The van der Waals surface area contributed by atoms with Crippen molar-refractivity contribution in [1.82, 2.24) is 24.8 Å². The second-order valence-electron chi connectivity index (χ2n) is 13.3. The van der Waals surface area contributed by atoms with E-state index in [-0.39, 0.29) is 18.4 Å². The third-order valence-electron chi connectivity index (χ3n) is 10.6. The number of benzene rings is 3. The number of hydrogen-bond acceptors (Lipinski definition) is 6. The van der Waals surface area contributed by atoms with Gasteiger partial charge >= 0.3 is 5.97 Å². The molecule has 5 aromatic rings. The van der Waals surface area contributed by atoms with Crippen LogP contribution in [0, 0.1) is 0 Å². The number of hydrogen-bond donors (Lipinski definition) is 2. The molecule has 0 radical (unpaired) electrons. The number of aromatic amines is 1. The molecule has 242 valence electrons. The van der Waals surface area contributed by atoms with Crippen LogP contribution in [0.4, 0.5) is 0 Å². The number of imidazole rings is 1.